The Morgan fingerprint density at radius 1 is 1.00 bits per heavy atom. The van der Waals surface area contributed by atoms with Gasteiger partial charge in [-0.25, -0.2) is 9.59 Å². The van der Waals surface area contributed by atoms with E-state index in [0.717, 1.165) is 24.8 Å². The number of carbonyl (C=O) groups is 2. The van der Waals surface area contributed by atoms with Crippen molar-refractivity contribution in [2.75, 3.05) is 13.2 Å². The first-order valence-electron chi connectivity index (χ1n) is 7.63. The Labute approximate surface area is 132 Å². The Hall–Kier alpha value is -2.10. The number of esters is 2. The molecule has 0 aliphatic heterocycles. The molecule has 0 radical (unpaired) electrons. The quantitative estimate of drug-likeness (QED) is 0.411. The number of allylic oxidation sites excluding steroid dienone is 1. The molecule has 0 saturated carbocycles. The Morgan fingerprint density at radius 2 is 1.59 bits per heavy atom. The molecule has 0 amide bonds. The van der Waals surface area contributed by atoms with Gasteiger partial charge in [-0.2, -0.15) is 0 Å². The van der Waals surface area contributed by atoms with E-state index in [1.54, 1.807) is 24.3 Å². The first-order chi connectivity index (χ1) is 10.6. The van der Waals surface area contributed by atoms with Gasteiger partial charge in [0, 0.05) is 0 Å². The summed E-state index contributed by atoms with van der Waals surface area (Å²) >= 11 is 0. The number of unbranched alkanes of at least 4 members (excludes halogenated alkanes) is 2. The predicted molar refractivity (Wildman–Crippen MR) is 86.0 cm³/mol. The Bertz CT molecular complexity index is 528. The third kappa shape index (κ3) is 6.12. The number of rotatable bonds is 8. The molecule has 1 rings (SSSR count). The van der Waals surface area contributed by atoms with Crippen LogP contribution in [0.25, 0.3) is 0 Å². The molecule has 1 aromatic carbocycles. The van der Waals surface area contributed by atoms with Crippen LogP contribution in [0, 0.1) is 0 Å². The first-order valence-corrected chi connectivity index (χ1v) is 7.63. The van der Waals surface area contributed by atoms with Crippen LogP contribution in [-0.2, 0) is 9.47 Å². The van der Waals surface area contributed by atoms with Gasteiger partial charge in [-0.1, -0.05) is 37.5 Å². The van der Waals surface area contributed by atoms with Gasteiger partial charge in [-0.3, -0.25) is 0 Å². The molecule has 0 atom stereocenters. The second kappa shape index (κ2) is 9.77. The van der Waals surface area contributed by atoms with Crippen LogP contribution >= 0.6 is 0 Å². The zero-order valence-corrected chi connectivity index (χ0v) is 13.6. The molecule has 0 saturated heterocycles. The minimum absolute atomic E-state index is 0.195. The average molecular weight is 304 g/mol. The molecule has 4 heteroatoms. The van der Waals surface area contributed by atoms with E-state index in [2.05, 4.69) is 6.92 Å². The van der Waals surface area contributed by atoms with Crippen molar-refractivity contribution in [3.05, 3.63) is 47.0 Å². The van der Waals surface area contributed by atoms with Crippen LogP contribution in [0.2, 0.25) is 0 Å². The van der Waals surface area contributed by atoms with Crippen molar-refractivity contribution in [2.24, 2.45) is 0 Å². The molecule has 0 heterocycles. The zero-order valence-electron chi connectivity index (χ0n) is 13.6. The van der Waals surface area contributed by atoms with Crippen LogP contribution < -0.4 is 0 Å². The average Bonchev–Trinajstić information content (AvgIpc) is 2.51. The molecular weight excluding hydrogens is 280 g/mol. The van der Waals surface area contributed by atoms with Crippen LogP contribution in [0.1, 0.15) is 60.7 Å². The minimum Gasteiger partial charge on any atom is -0.462 e. The van der Waals surface area contributed by atoms with Gasteiger partial charge < -0.3 is 9.47 Å². The topological polar surface area (TPSA) is 52.6 Å². The smallest absolute Gasteiger partial charge is 0.339 e. The highest BCUT2D eigenvalue weighted by Gasteiger charge is 2.18. The SMILES string of the molecule is CCCCCOC(=O)c1ccccc1C(=O)OCC=C(C)C. The molecule has 0 aliphatic carbocycles. The number of hydrogen-bond donors (Lipinski definition) is 0. The van der Waals surface area contributed by atoms with E-state index in [-0.39, 0.29) is 17.7 Å². The first kappa shape index (κ1) is 18.0. The molecule has 0 bridgehead atoms. The fourth-order valence-electron chi connectivity index (χ4n) is 1.80. The molecule has 0 spiro atoms. The van der Waals surface area contributed by atoms with E-state index in [0.29, 0.717) is 6.61 Å². The molecule has 0 fully saturated rings. The van der Waals surface area contributed by atoms with Crippen LogP contribution in [0.15, 0.2) is 35.9 Å². The van der Waals surface area contributed by atoms with Crippen molar-refractivity contribution in [3.8, 4) is 0 Å². The van der Waals surface area contributed by atoms with Gasteiger partial charge in [0.15, 0.2) is 0 Å². The Balaban J connectivity index is 2.70. The lowest BCUT2D eigenvalue weighted by atomic mass is 10.1. The molecular formula is C18H24O4. The number of carbonyl (C=O) groups excluding carboxylic acids is 2. The van der Waals surface area contributed by atoms with Gasteiger partial charge in [0.1, 0.15) is 6.61 Å². The van der Waals surface area contributed by atoms with E-state index in [1.165, 1.54) is 0 Å². The Morgan fingerprint density at radius 3 is 2.14 bits per heavy atom. The van der Waals surface area contributed by atoms with Crippen LogP contribution in [0.3, 0.4) is 0 Å². The lowest BCUT2D eigenvalue weighted by molar-refractivity contribution is 0.0470. The van der Waals surface area contributed by atoms with Crippen LogP contribution in [-0.4, -0.2) is 25.2 Å². The van der Waals surface area contributed by atoms with Crippen LogP contribution in [0.4, 0.5) is 0 Å². The van der Waals surface area contributed by atoms with Crippen molar-refractivity contribution in [1.29, 1.82) is 0 Å². The molecule has 0 aromatic heterocycles. The Kier molecular flexibility index (Phi) is 7.97. The molecule has 0 aliphatic rings. The fourth-order valence-corrected chi connectivity index (χ4v) is 1.80. The maximum Gasteiger partial charge on any atom is 0.339 e. The molecule has 120 valence electrons. The van der Waals surface area contributed by atoms with Crippen molar-refractivity contribution < 1.29 is 19.1 Å². The van der Waals surface area contributed by atoms with Crippen molar-refractivity contribution in [1.82, 2.24) is 0 Å². The second-order valence-corrected chi connectivity index (χ2v) is 5.27. The molecule has 0 unspecified atom stereocenters. The summed E-state index contributed by atoms with van der Waals surface area (Å²) in [6.07, 6.45) is 4.71. The molecule has 0 N–H and O–H groups in total. The monoisotopic (exact) mass is 304 g/mol. The lowest BCUT2D eigenvalue weighted by Gasteiger charge is -2.09. The van der Waals surface area contributed by atoms with E-state index in [9.17, 15) is 9.59 Å². The number of hydrogen-bond acceptors (Lipinski definition) is 4. The van der Waals surface area contributed by atoms with E-state index >= 15 is 0 Å². The molecule has 1 aromatic rings. The van der Waals surface area contributed by atoms with E-state index < -0.39 is 11.9 Å². The number of ether oxygens (including phenoxy) is 2. The van der Waals surface area contributed by atoms with Gasteiger partial charge in [0.05, 0.1) is 17.7 Å². The second-order valence-electron chi connectivity index (χ2n) is 5.27. The minimum atomic E-state index is -0.515. The third-order valence-corrected chi connectivity index (χ3v) is 3.05. The van der Waals surface area contributed by atoms with E-state index in [4.69, 9.17) is 9.47 Å². The largest absolute Gasteiger partial charge is 0.462 e. The maximum absolute atomic E-state index is 12.1. The summed E-state index contributed by atoms with van der Waals surface area (Å²) in [5.41, 5.74) is 1.56. The lowest BCUT2D eigenvalue weighted by Crippen LogP contribution is -2.14. The third-order valence-electron chi connectivity index (χ3n) is 3.05. The van der Waals surface area contributed by atoms with Gasteiger partial charge in [-0.15, -0.1) is 0 Å². The van der Waals surface area contributed by atoms with Gasteiger partial charge >= 0.3 is 11.9 Å². The summed E-state index contributed by atoms with van der Waals surface area (Å²) in [6, 6.07) is 6.56. The highest BCUT2D eigenvalue weighted by molar-refractivity contribution is 6.03. The van der Waals surface area contributed by atoms with E-state index in [1.807, 2.05) is 19.9 Å². The number of benzene rings is 1. The highest BCUT2D eigenvalue weighted by atomic mass is 16.5. The summed E-state index contributed by atoms with van der Waals surface area (Å²) in [5.74, 6) is -0.996. The van der Waals surface area contributed by atoms with Gasteiger partial charge in [0.25, 0.3) is 0 Å². The predicted octanol–water partition coefficient (Wildman–Crippen LogP) is 4.16. The highest BCUT2D eigenvalue weighted by Crippen LogP contribution is 2.12. The summed E-state index contributed by atoms with van der Waals surface area (Å²) in [4.78, 5) is 24.1. The summed E-state index contributed by atoms with van der Waals surface area (Å²) in [7, 11) is 0. The molecule has 4 nitrogen and oxygen atoms in total. The van der Waals surface area contributed by atoms with Crippen molar-refractivity contribution in [2.45, 2.75) is 40.0 Å². The standard InChI is InChI=1S/C18H24O4/c1-4-5-8-12-21-17(19)15-9-6-7-10-16(15)18(20)22-13-11-14(2)3/h6-7,9-11H,4-5,8,12-13H2,1-3H3. The normalized spacial score (nSPS) is 9.95. The van der Waals surface area contributed by atoms with Crippen LogP contribution in [0.5, 0.6) is 0 Å². The summed E-state index contributed by atoms with van der Waals surface area (Å²) in [5, 5.41) is 0. The molecule has 22 heavy (non-hydrogen) atoms. The van der Waals surface area contributed by atoms with Gasteiger partial charge in [-0.05, 0) is 38.5 Å². The summed E-state index contributed by atoms with van der Waals surface area (Å²) < 4.78 is 10.4. The van der Waals surface area contributed by atoms with Gasteiger partial charge in [0.2, 0.25) is 0 Å². The maximum atomic E-state index is 12.1. The summed E-state index contributed by atoms with van der Waals surface area (Å²) in [6.45, 7) is 6.50. The zero-order chi connectivity index (χ0) is 16.4. The van der Waals surface area contributed by atoms with Crippen molar-refractivity contribution in [3.63, 3.8) is 0 Å². The fraction of sp³-hybridized carbons (Fsp3) is 0.444. The van der Waals surface area contributed by atoms with Crippen molar-refractivity contribution >= 4 is 11.9 Å².